The molecule has 1 aliphatic rings. The van der Waals surface area contributed by atoms with Crippen LogP contribution in [0.4, 0.5) is 5.69 Å². The molecule has 0 saturated carbocycles. The highest BCUT2D eigenvalue weighted by molar-refractivity contribution is 5.98. The summed E-state index contributed by atoms with van der Waals surface area (Å²) in [5, 5.41) is 2.90. The van der Waals surface area contributed by atoms with Crippen LogP contribution in [0.5, 0.6) is 0 Å². The van der Waals surface area contributed by atoms with Crippen molar-refractivity contribution in [3.05, 3.63) is 29.8 Å². The minimum atomic E-state index is -0.791. The summed E-state index contributed by atoms with van der Waals surface area (Å²) in [6.45, 7) is 3.26. The summed E-state index contributed by atoms with van der Waals surface area (Å²) in [5.41, 5.74) is 7.44. The third-order valence-electron chi connectivity index (χ3n) is 3.59. The van der Waals surface area contributed by atoms with Crippen LogP contribution in [0.1, 0.15) is 31.7 Å². The molecule has 1 heterocycles. The number of hydrogen-bond acceptors (Lipinski definition) is 3. The van der Waals surface area contributed by atoms with Gasteiger partial charge in [0.1, 0.15) is 5.54 Å². The second kappa shape index (κ2) is 6.17. The van der Waals surface area contributed by atoms with Gasteiger partial charge in [-0.1, -0.05) is 25.5 Å². The van der Waals surface area contributed by atoms with Gasteiger partial charge in [0.15, 0.2) is 0 Å². The standard InChI is InChI=1S/C15H22N2O2/c1-2-3-12-4-6-13(7-5-12)17-14(18)15(16)8-10-19-11-9-15/h4-7H,2-3,8-11,16H2,1H3,(H,17,18). The monoisotopic (exact) mass is 262 g/mol. The van der Waals surface area contributed by atoms with Crippen molar-refractivity contribution in [3.8, 4) is 0 Å². The molecule has 0 aromatic heterocycles. The molecule has 4 heteroatoms. The minimum Gasteiger partial charge on any atom is -0.381 e. The lowest BCUT2D eigenvalue weighted by molar-refractivity contribution is -0.124. The van der Waals surface area contributed by atoms with Crippen LogP contribution in [-0.4, -0.2) is 24.7 Å². The van der Waals surface area contributed by atoms with Gasteiger partial charge in [-0.05, 0) is 37.0 Å². The average Bonchev–Trinajstić information content (AvgIpc) is 2.42. The number of benzene rings is 1. The van der Waals surface area contributed by atoms with Gasteiger partial charge in [0, 0.05) is 18.9 Å². The van der Waals surface area contributed by atoms with E-state index in [1.165, 1.54) is 5.56 Å². The zero-order valence-corrected chi connectivity index (χ0v) is 11.4. The molecule has 3 N–H and O–H groups in total. The Hall–Kier alpha value is -1.39. The predicted molar refractivity (Wildman–Crippen MR) is 76.0 cm³/mol. The number of nitrogens with two attached hydrogens (primary N) is 1. The molecule has 0 radical (unpaired) electrons. The molecule has 19 heavy (non-hydrogen) atoms. The van der Waals surface area contributed by atoms with E-state index in [0.717, 1.165) is 18.5 Å². The van der Waals surface area contributed by atoms with E-state index >= 15 is 0 Å². The Kier molecular flexibility index (Phi) is 4.56. The number of nitrogens with one attached hydrogen (secondary N) is 1. The third-order valence-corrected chi connectivity index (χ3v) is 3.59. The predicted octanol–water partition coefficient (Wildman–Crippen LogP) is 2.09. The van der Waals surface area contributed by atoms with E-state index in [0.29, 0.717) is 26.1 Å². The van der Waals surface area contributed by atoms with E-state index in [4.69, 9.17) is 10.5 Å². The van der Waals surface area contributed by atoms with Crippen molar-refractivity contribution >= 4 is 11.6 Å². The highest BCUT2D eigenvalue weighted by Crippen LogP contribution is 2.20. The molecule has 104 valence electrons. The lowest BCUT2D eigenvalue weighted by atomic mass is 9.90. The first-order valence-electron chi connectivity index (χ1n) is 6.91. The Balaban J connectivity index is 1.98. The maximum Gasteiger partial charge on any atom is 0.244 e. The fraction of sp³-hybridized carbons (Fsp3) is 0.533. The molecule has 2 rings (SSSR count). The number of anilines is 1. The molecule has 0 unspecified atom stereocenters. The van der Waals surface area contributed by atoms with Crippen molar-refractivity contribution in [1.82, 2.24) is 0 Å². The second-order valence-electron chi connectivity index (χ2n) is 5.17. The molecule has 1 amide bonds. The summed E-state index contributed by atoms with van der Waals surface area (Å²) in [4.78, 5) is 12.2. The Labute approximate surface area is 114 Å². The van der Waals surface area contributed by atoms with E-state index in [1.807, 2.05) is 24.3 Å². The van der Waals surface area contributed by atoms with Gasteiger partial charge in [-0.2, -0.15) is 0 Å². The second-order valence-corrected chi connectivity index (χ2v) is 5.17. The first-order chi connectivity index (χ1) is 9.14. The molecule has 0 spiro atoms. The number of hydrogen-bond donors (Lipinski definition) is 2. The van der Waals surface area contributed by atoms with Crippen LogP contribution >= 0.6 is 0 Å². The minimum absolute atomic E-state index is 0.112. The molecule has 1 fully saturated rings. The van der Waals surface area contributed by atoms with E-state index < -0.39 is 5.54 Å². The van der Waals surface area contributed by atoms with Crippen LogP contribution in [0.3, 0.4) is 0 Å². The van der Waals surface area contributed by atoms with Gasteiger partial charge in [-0.15, -0.1) is 0 Å². The van der Waals surface area contributed by atoms with Gasteiger partial charge >= 0.3 is 0 Å². The van der Waals surface area contributed by atoms with Crippen LogP contribution in [0.2, 0.25) is 0 Å². The van der Waals surface area contributed by atoms with Gasteiger partial charge in [0.05, 0.1) is 0 Å². The lowest BCUT2D eigenvalue weighted by Crippen LogP contribution is -2.54. The Morgan fingerprint density at radius 3 is 2.53 bits per heavy atom. The number of carbonyl (C=O) groups excluding carboxylic acids is 1. The first kappa shape index (κ1) is 14.0. The fourth-order valence-electron chi connectivity index (χ4n) is 2.26. The number of rotatable bonds is 4. The number of carbonyl (C=O) groups is 1. The Morgan fingerprint density at radius 2 is 1.95 bits per heavy atom. The van der Waals surface area contributed by atoms with E-state index in [-0.39, 0.29) is 5.91 Å². The molecular weight excluding hydrogens is 240 g/mol. The highest BCUT2D eigenvalue weighted by Gasteiger charge is 2.35. The van der Waals surface area contributed by atoms with Crippen LogP contribution in [0.25, 0.3) is 0 Å². The quantitative estimate of drug-likeness (QED) is 0.873. The normalized spacial score (nSPS) is 18.0. The summed E-state index contributed by atoms with van der Waals surface area (Å²) in [7, 11) is 0. The summed E-state index contributed by atoms with van der Waals surface area (Å²) < 4.78 is 5.25. The lowest BCUT2D eigenvalue weighted by Gasteiger charge is -2.31. The molecule has 0 atom stereocenters. The van der Waals surface area contributed by atoms with Gasteiger partial charge < -0.3 is 15.8 Å². The van der Waals surface area contributed by atoms with Crippen LogP contribution in [0, 0.1) is 0 Å². The highest BCUT2D eigenvalue weighted by atomic mass is 16.5. The summed E-state index contributed by atoms with van der Waals surface area (Å²) in [6.07, 6.45) is 3.34. The molecule has 1 aromatic rings. The summed E-state index contributed by atoms with van der Waals surface area (Å²) >= 11 is 0. The van der Waals surface area contributed by atoms with Crippen molar-refractivity contribution in [2.75, 3.05) is 18.5 Å². The molecular formula is C15H22N2O2. The van der Waals surface area contributed by atoms with Crippen molar-refractivity contribution < 1.29 is 9.53 Å². The van der Waals surface area contributed by atoms with E-state index in [2.05, 4.69) is 12.2 Å². The van der Waals surface area contributed by atoms with Gasteiger partial charge in [-0.25, -0.2) is 0 Å². The number of aryl methyl sites for hydroxylation is 1. The third kappa shape index (κ3) is 3.55. The Morgan fingerprint density at radius 1 is 1.32 bits per heavy atom. The average molecular weight is 262 g/mol. The number of ether oxygens (including phenoxy) is 1. The van der Waals surface area contributed by atoms with Gasteiger partial charge in [0.2, 0.25) is 5.91 Å². The van der Waals surface area contributed by atoms with Crippen LogP contribution < -0.4 is 11.1 Å². The molecule has 0 aliphatic carbocycles. The molecule has 1 aromatic carbocycles. The zero-order chi connectivity index (χ0) is 13.7. The maximum atomic E-state index is 12.2. The van der Waals surface area contributed by atoms with Crippen molar-refractivity contribution in [2.24, 2.45) is 5.73 Å². The van der Waals surface area contributed by atoms with Crippen molar-refractivity contribution in [1.29, 1.82) is 0 Å². The molecule has 1 saturated heterocycles. The molecule has 1 aliphatic heterocycles. The van der Waals surface area contributed by atoms with Crippen molar-refractivity contribution in [2.45, 2.75) is 38.1 Å². The van der Waals surface area contributed by atoms with Gasteiger partial charge in [0.25, 0.3) is 0 Å². The summed E-state index contributed by atoms with van der Waals surface area (Å²) in [6, 6.07) is 7.97. The fourth-order valence-corrected chi connectivity index (χ4v) is 2.26. The van der Waals surface area contributed by atoms with E-state index in [1.54, 1.807) is 0 Å². The SMILES string of the molecule is CCCc1ccc(NC(=O)C2(N)CCOCC2)cc1. The van der Waals surface area contributed by atoms with Gasteiger partial charge in [-0.3, -0.25) is 4.79 Å². The first-order valence-corrected chi connectivity index (χ1v) is 6.91. The largest absolute Gasteiger partial charge is 0.381 e. The Bertz CT molecular complexity index is 422. The maximum absolute atomic E-state index is 12.2. The van der Waals surface area contributed by atoms with Crippen LogP contribution in [-0.2, 0) is 16.0 Å². The smallest absolute Gasteiger partial charge is 0.244 e. The topological polar surface area (TPSA) is 64.4 Å². The van der Waals surface area contributed by atoms with E-state index in [9.17, 15) is 4.79 Å². The zero-order valence-electron chi connectivity index (χ0n) is 11.4. The van der Waals surface area contributed by atoms with Crippen LogP contribution in [0.15, 0.2) is 24.3 Å². The number of amides is 1. The summed E-state index contributed by atoms with van der Waals surface area (Å²) in [5.74, 6) is -0.112. The molecule has 4 nitrogen and oxygen atoms in total. The van der Waals surface area contributed by atoms with Crippen molar-refractivity contribution in [3.63, 3.8) is 0 Å². The molecule has 0 bridgehead atoms.